The summed E-state index contributed by atoms with van der Waals surface area (Å²) in [4.78, 5) is 16.8. The molecule has 5 nitrogen and oxygen atoms in total. The molecule has 5 heteroatoms. The Balaban J connectivity index is 1.28. The Hall–Kier alpha value is -1.52. The number of ether oxygens (including phenoxy) is 1. The zero-order valence-electron chi connectivity index (χ0n) is 12.8. The number of imidazole rings is 1. The molecular weight excluding hydrogens is 278 g/mol. The average Bonchev–Trinajstić information content (AvgIpc) is 3.01. The van der Waals surface area contributed by atoms with Gasteiger partial charge in [0.1, 0.15) is 5.82 Å². The van der Waals surface area contributed by atoms with Gasteiger partial charge in [-0.25, -0.2) is 9.78 Å². The standard InChI is InChI=1S/C17H23N3O2/c21-16(22-14-1-3-20-4-2-18-15(14)20)19-17-8-11-5-12(9-17)7-13(6-11)10-17/h2,4,11-14H,1,3,5-10H2,(H,19,21). The molecule has 4 bridgehead atoms. The number of carbonyl (C=O) groups excluding carboxylic acids is 1. The van der Waals surface area contributed by atoms with Crippen molar-refractivity contribution in [2.75, 3.05) is 0 Å². The molecule has 0 aromatic carbocycles. The lowest BCUT2D eigenvalue weighted by Crippen LogP contribution is -2.60. The maximum absolute atomic E-state index is 12.4. The molecule has 0 radical (unpaired) electrons. The van der Waals surface area contributed by atoms with E-state index in [1.165, 1.54) is 19.3 Å². The molecule has 1 atom stereocenters. The average molecular weight is 301 g/mol. The van der Waals surface area contributed by atoms with Gasteiger partial charge in [-0.05, 0) is 56.3 Å². The topological polar surface area (TPSA) is 56.1 Å². The molecule has 1 amide bonds. The minimum absolute atomic E-state index is 0.0276. The van der Waals surface area contributed by atoms with E-state index >= 15 is 0 Å². The third-order valence-electron chi connectivity index (χ3n) is 6.32. The lowest BCUT2D eigenvalue weighted by Gasteiger charge is -2.56. The second kappa shape index (κ2) is 4.49. The molecule has 6 rings (SSSR count). The Bertz CT molecular complexity index is 574. The van der Waals surface area contributed by atoms with Gasteiger partial charge < -0.3 is 14.6 Å². The fourth-order valence-corrected chi connectivity index (χ4v) is 5.93. The number of alkyl carbamates (subject to hydrolysis) is 1. The van der Waals surface area contributed by atoms with Gasteiger partial charge in [0, 0.05) is 30.9 Å². The molecular formula is C17H23N3O2. The second-order valence-corrected chi connectivity index (χ2v) is 7.98. The van der Waals surface area contributed by atoms with E-state index in [1.807, 2.05) is 6.20 Å². The van der Waals surface area contributed by atoms with Crippen molar-refractivity contribution in [3.63, 3.8) is 0 Å². The van der Waals surface area contributed by atoms with Crippen LogP contribution in [0.2, 0.25) is 0 Å². The van der Waals surface area contributed by atoms with E-state index in [9.17, 15) is 4.79 Å². The van der Waals surface area contributed by atoms with Gasteiger partial charge in [0.25, 0.3) is 0 Å². The number of hydrogen-bond acceptors (Lipinski definition) is 3. The quantitative estimate of drug-likeness (QED) is 0.913. The Morgan fingerprint density at radius 1 is 1.23 bits per heavy atom. The first kappa shape index (κ1) is 13.0. The highest BCUT2D eigenvalue weighted by molar-refractivity contribution is 5.68. The third-order valence-corrected chi connectivity index (χ3v) is 6.32. The fourth-order valence-electron chi connectivity index (χ4n) is 5.93. The summed E-state index contributed by atoms with van der Waals surface area (Å²) in [6.45, 7) is 0.893. The number of amides is 1. The van der Waals surface area contributed by atoms with E-state index in [4.69, 9.17) is 4.74 Å². The van der Waals surface area contributed by atoms with Gasteiger partial charge in [-0.15, -0.1) is 0 Å². The first-order chi connectivity index (χ1) is 10.7. The van der Waals surface area contributed by atoms with Crippen LogP contribution in [0.5, 0.6) is 0 Å². The first-order valence-corrected chi connectivity index (χ1v) is 8.69. The van der Waals surface area contributed by atoms with Crippen molar-refractivity contribution in [2.45, 2.75) is 63.1 Å². The van der Waals surface area contributed by atoms with Crippen LogP contribution in [-0.4, -0.2) is 21.2 Å². The smallest absolute Gasteiger partial charge is 0.408 e. The van der Waals surface area contributed by atoms with Crippen LogP contribution < -0.4 is 5.32 Å². The van der Waals surface area contributed by atoms with Crippen LogP contribution in [0.15, 0.2) is 12.4 Å². The maximum Gasteiger partial charge on any atom is 0.408 e. The van der Waals surface area contributed by atoms with Gasteiger partial charge in [-0.3, -0.25) is 0 Å². The molecule has 1 aromatic rings. The third kappa shape index (κ3) is 1.97. The molecule has 0 spiro atoms. The number of nitrogens with one attached hydrogen (secondary N) is 1. The summed E-state index contributed by atoms with van der Waals surface area (Å²) in [5, 5.41) is 3.28. The minimum atomic E-state index is -0.233. The Kier molecular flexibility index (Phi) is 2.65. The number of carbonyl (C=O) groups is 1. The van der Waals surface area contributed by atoms with Crippen LogP contribution in [0.4, 0.5) is 4.79 Å². The van der Waals surface area contributed by atoms with Gasteiger partial charge in [0.05, 0.1) is 0 Å². The van der Waals surface area contributed by atoms with Gasteiger partial charge in [-0.2, -0.15) is 0 Å². The molecule has 22 heavy (non-hydrogen) atoms. The monoisotopic (exact) mass is 301 g/mol. The molecule has 2 heterocycles. The Labute approximate surface area is 130 Å². The Morgan fingerprint density at radius 3 is 2.59 bits per heavy atom. The molecule has 1 unspecified atom stereocenters. The summed E-state index contributed by atoms with van der Waals surface area (Å²) in [5.41, 5.74) is 0.0276. The van der Waals surface area contributed by atoms with E-state index in [-0.39, 0.29) is 17.7 Å². The van der Waals surface area contributed by atoms with Crippen LogP contribution in [0.25, 0.3) is 0 Å². The van der Waals surface area contributed by atoms with Gasteiger partial charge in [-0.1, -0.05) is 0 Å². The minimum Gasteiger partial charge on any atom is -0.438 e. The van der Waals surface area contributed by atoms with Crippen molar-refractivity contribution in [2.24, 2.45) is 17.8 Å². The summed E-state index contributed by atoms with van der Waals surface area (Å²) in [6.07, 6.45) is 11.8. The summed E-state index contributed by atoms with van der Waals surface area (Å²) in [5.74, 6) is 3.38. The number of nitrogens with zero attached hydrogens (tertiary/aromatic N) is 2. The van der Waals surface area contributed by atoms with E-state index in [0.29, 0.717) is 0 Å². The van der Waals surface area contributed by atoms with Crippen LogP contribution in [0, 0.1) is 17.8 Å². The molecule has 118 valence electrons. The molecule has 4 fully saturated rings. The van der Waals surface area contributed by atoms with Crippen molar-refractivity contribution in [1.29, 1.82) is 0 Å². The predicted octanol–water partition coefficient (Wildman–Crippen LogP) is 3.02. The molecule has 4 aliphatic carbocycles. The largest absolute Gasteiger partial charge is 0.438 e. The van der Waals surface area contributed by atoms with Crippen LogP contribution in [0.3, 0.4) is 0 Å². The number of fused-ring (bicyclic) bond motifs is 1. The molecule has 5 aliphatic rings. The lowest BCUT2D eigenvalue weighted by atomic mass is 9.53. The molecule has 1 aromatic heterocycles. The zero-order chi connectivity index (χ0) is 14.7. The SMILES string of the molecule is O=C(NC12CC3CC(CC(C3)C1)C2)OC1CCn2ccnc21. The normalized spacial score (nSPS) is 41.5. The van der Waals surface area contributed by atoms with E-state index in [1.54, 1.807) is 6.20 Å². The summed E-state index contributed by atoms with van der Waals surface area (Å²) in [6, 6.07) is 0. The Morgan fingerprint density at radius 2 is 1.91 bits per heavy atom. The highest BCUT2D eigenvalue weighted by Crippen LogP contribution is 2.55. The molecule has 1 aliphatic heterocycles. The van der Waals surface area contributed by atoms with Crippen molar-refractivity contribution in [1.82, 2.24) is 14.9 Å². The molecule has 4 saturated carbocycles. The van der Waals surface area contributed by atoms with Crippen LogP contribution in [0.1, 0.15) is 56.9 Å². The summed E-state index contributed by atoms with van der Waals surface area (Å²) >= 11 is 0. The lowest BCUT2D eigenvalue weighted by molar-refractivity contribution is -0.0222. The zero-order valence-corrected chi connectivity index (χ0v) is 12.8. The van der Waals surface area contributed by atoms with Crippen molar-refractivity contribution in [3.8, 4) is 0 Å². The highest BCUT2D eigenvalue weighted by atomic mass is 16.6. The predicted molar refractivity (Wildman–Crippen MR) is 80.1 cm³/mol. The van der Waals surface area contributed by atoms with Crippen molar-refractivity contribution >= 4 is 6.09 Å². The fraction of sp³-hybridized carbons (Fsp3) is 0.765. The molecule has 0 saturated heterocycles. The van der Waals surface area contributed by atoms with E-state index in [2.05, 4.69) is 14.9 Å². The number of rotatable bonds is 2. The first-order valence-electron chi connectivity index (χ1n) is 8.69. The van der Waals surface area contributed by atoms with Crippen molar-refractivity contribution in [3.05, 3.63) is 18.2 Å². The van der Waals surface area contributed by atoms with Gasteiger partial charge >= 0.3 is 6.09 Å². The summed E-state index contributed by atoms with van der Waals surface area (Å²) in [7, 11) is 0. The highest BCUT2D eigenvalue weighted by Gasteiger charge is 2.52. The number of aryl methyl sites for hydroxylation is 1. The maximum atomic E-state index is 12.4. The van der Waals surface area contributed by atoms with E-state index in [0.717, 1.165) is 55.8 Å². The van der Waals surface area contributed by atoms with Crippen LogP contribution in [-0.2, 0) is 11.3 Å². The van der Waals surface area contributed by atoms with Crippen LogP contribution >= 0.6 is 0 Å². The summed E-state index contributed by atoms with van der Waals surface area (Å²) < 4.78 is 7.77. The van der Waals surface area contributed by atoms with Crippen molar-refractivity contribution < 1.29 is 9.53 Å². The number of hydrogen-bond donors (Lipinski definition) is 1. The van der Waals surface area contributed by atoms with E-state index < -0.39 is 0 Å². The van der Waals surface area contributed by atoms with Gasteiger partial charge in [0.15, 0.2) is 6.10 Å². The molecule has 1 N–H and O–H groups in total. The second-order valence-electron chi connectivity index (χ2n) is 7.98. The number of aromatic nitrogens is 2. The van der Waals surface area contributed by atoms with Gasteiger partial charge in [0.2, 0.25) is 0 Å².